The Labute approximate surface area is 144 Å². The van der Waals surface area contributed by atoms with Gasteiger partial charge in [-0.15, -0.1) is 0 Å². The van der Waals surface area contributed by atoms with Crippen molar-refractivity contribution in [1.82, 2.24) is 10.6 Å². The summed E-state index contributed by atoms with van der Waals surface area (Å²) >= 11 is 0. The molecule has 1 aromatic rings. The van der Waals surface area contributed by atoms with Gasteiger partial charge in [0.25, 0.3) is 5.91 Å². The van der Waals surface area contributed by atoms with E-state index in [-0.39, 0.29) is 17.9 Å². The van der Waals surface area contributed by atoms with Gasteiger partial charge in [-0.1, -0.05) is 0 Å². The van der Waals surface area contributed by atoms with Gasteiger partial charge in [-0.3, -0.25) is 9.59 Å². The molecule has 0 spiro atoms. The van der Waals surface area contributed by atoms with Crippen LogP contribution in [0.3, 0.4) is 0 Å². The zero-order valence-electron chi connectivity index (χ0n) is 14.9. The van der Waals surface area contributed by atoms with Crippen LogP contribution in [0.1, 0.15) is 55.5 Å². The molecular formula is C19H29N3O2. The molecule has 1 aromatic carbocycles. The van der Waals surface area contributed by atoms with Crippen LogP contribution in [0.15, 0.2) is 18.2 Å². The molecule has 1 aliphatic rings. The minimum absolute atomic E-state index is 0.0484. The Balaban J connectivity index is 1.86. The van der Waals surface area contributed by atoms with Crippen molar-refractivity contribution in [3.05, 3.63) is 29.3 Å². The van der Waals surface area contributed by atoms with Gasteiger partial charge < -0.3 is 16.0 Å². The van der Waals surface area contributed by atoms with E-state index in [9.17, 15) is 9.59 Å². The van der Waals surface area contributed by atoms with Gasteiger partial charge in [0.2, 0.25) is 5.91 Å². The second kappa shape index (κ2) is 8.83. The maximum absolute atomic E-state index is 12.1. The zero-order chi connectivity index (χ0) is 17.5. The molecule has 0 aromatic heterocycles. The van der Waals surface area contributed by atoms with Crippen molar-refractivity contribution in [3.63, 3.8) is 0 Å². The summed E-state index contributed by atoms with van der Waals surface area (Å²) in [6.07, 6.45) is 3.82. The normalized spacial score (nSPS) is 15.3. The highest BCUT2D eigenvalue weighted by molar-refractivity contribution is 5.97. The van der Waals surface area contributed by atoms with Crippen LogP contribution in [0.4, 0.5) is 5.69 Å². The van der Waals surface area contributed by atoms with Crippen molar-refractivity contribution in [2.75, 3.05) is 18.4 Å². The average Bonchev–Trinajstić information content (AvgIpc) is 2.53. The number of aryl methyl sites for hydroxylation is 1. The third-order valence-corrected chi connectivity index (χ3v) is 4.41. The van der Waals surface area contributed by atoms with Crippen molar-refractivity contribution in [2.24, 2.45) is 5.92 Å². The Morgan fingerprint density at radius 1 is 1.25 bits per heavy atom. The third kappa shape index (κ3) is 5.64. The first-order valence-corrected chi connectivity index (χ1v) is 8.88. The highest BCUT2D eigenvalue weighted by atomic mass is 16.2. The van der Waals surface area contributed by atoms with Gasteiger partial charge >= 0.3 is 0 Å². The molecule has 0 saturated carbocycles. The summed E-state index contributed by atoms with van der Waals surface area (Å²) < 4.78 is 0. The number of rotatable bonds is 6. The monoisotopic (exact) mass is 331 g/mol. The molecule has 132 valence electrons. The van der Waals surface area contributed by atoms with Crippen LogP contribution >= 0.6 is 0 Å². The summed E-state index contributed by atoms with van der Waals surface area (Å²) in [5.41, 5.74) is 2.27. The molecular weight excluding hydrogens is 302 g/mol. The van der Waals surface area contributed by atoms with Crippen LogP contribution in [0.25, 0.3) is 0 Å². The summed E-state index contributed by atoms with van der Waals surface area (Å²) in [7, 11) is 0. The molecule has 0 atom stereocenters. The van der Waals surface area contributed by atoms with Gasteiger partial charge in [0, 0.05) is 23.7 Å². The Kier molecular flexibility index (Phi) is 6.79. The minimum Gasteiger partial charge on any atom is -0.350 e. The topological polar surface area (TPSA) is 70.2 Å². The summed E-state index contributed by atoms with van der Waals surface area (Å²) in [4.78, 5) is 24.2. The predicted molar refractivity (Wildman–Crippen MR) is 97.2 cm³/mol. The van der Waals surface area contributed by atoms with Crippen LogP contribution in [-0.2, 0) is 4.79 Å². The molecule has 0 radical (unpaired) electrons. The Morgan fingerprint density at radius 2 is 1.96 bits per heavy atom. The van der Waals surface area contributed by atoms with Crippen molar-refractivity contribution in [1.29, 1.82) is 0 Å². The van der Waals surface area contributed by atoms with E-state index in [2.05, 4.69) is 16.0 Å². The maximum Gasteiger partial charge on any atom is 0.251 e. The second-order valence-corrected chi connectivity index (χ2v) is 6.94. The van der Waals surface area contributed by atoms with Crippen molar-refractivity contribution in [3.8, 4) is 0 Å². The SMILES string of the molecule is Cc1cc(NC(=O)CCC2CCNCC2)ccc1C(=O)NC(C)C. The lowest BCUT2D eigenvalue weighted by atomic mass is 9.93. The number of nitrogens with one attached hydrogen (secondary N) is 3. The fraction of sp³-hybridized carbons (Fsp3) is 0.579. The number of anilines is 1. The first-order valence-electron chi connectivity index (χ1n) is 8.88. The lowest BCUT2D eigenvalue weighted by molar-refractivity contribution is -0.116. The molecule has 1 heterocycles. The van der Waals surface area contributed by atoms with Crippen LogP contribution < -0.4 is 16.0 Å². The van der Waals surface area contributed by atoms with Crippen LogP contribution in [-0.4, -0.2) is 30.9 Å². The number of amides is 2. The smallest absolute Gasteiger partial charge is 0.251 e. The Hall–Kier alpha value is -1.88. The highest BCUT2D eigenvalue weighted by Crippen LogP contribution is 2.19. The van der Waals surface area contributed by atoms with Gasteiger partial charge in [0.05, 0.1) is 0 Å². The minimum atomic E-state index is -0.0775. The fourth-order valence-corrected chi connectivity index (χ4v) is 3.07. The fourth-order valence-electron chi connectivity index (χ4n) is 3.07. The lowest BCUT2D eigenvalue weighted by Crippen LogP contribution is -2.30. The molecule has 3 N–H and O–H groups in total. The largest absolute Gasteiger partial charge is 0.350 e. The molecule has 5 nitrogen and oxygen atoms in total. The van der Waals surface area contributed by atoms with E-state index in [4.69, 9.17) is 0 Å². The lowest BCUT2D eigenvalue weighted by Gasteiger charge is -2.22. The summed E-state index contributed by atoms with van der Waals surface area (Å²) in [6, 6.07) is 5.53. The molecule has 2 amide bonds. The summed E-state index contributed by atoms with van der Waals surface area (Å²) in [5.74, 6) is 0.624. The number of carbonyl (C=O) groups excluding carboxylic acids is 2. The van der Waals surface area contributed by atoms with Gasteiger partial charge in [0.1, 0.15) is 0 Å². The maximum atomic E-state index is 12.1. The van der Waals surface area contributed by atoms with E-state index in [0.717, 1.165) is 43.6 Å². The molecule has 0 unspecified atom stereocenters. The Morgan fingerprint density at radius 3 is 2.58 bits per heavy atom. The molecule has 0 bridgehead atoms. The van der Waals surface area contributed by atoms with Crippen LogP contribution in [0.2, 0.25) is 0 Å². The van der Waals surface area contributed by atoms with Crippen molar-refractivity contribution < 1.29 is 9.59 Å². The third-order valence-electron chi connectivity index (χ3n) is 4.41. The van der Waals surface area contributed by atoms with Crippen LogP contribution in [0, 0.1) is 12.8 Å². The highest BCUT2D eigenvalue weighted by Gasteiger charge is 2.15. The van der Waals surface area contributed by atoms with Crippen LogP contribution in [0.5, 0.6) is 0 Å². The van der Waals surface area contributed by atoms with E-state index in [1.54, 1.807) is 12.1 Å². The number of hydrogen-bond donors (Lipinski definition) is 3. The van der Waals surface area contributed by atoms with Gasteiger partial charge in [-0.2, -0.15) is 0 Å². The molecule has 5 heteroatoms. The van der Waals surface area contributed by atoms with Gasteiger partial charge in [0.15, 0.2) is 0 Å². The first kappa shape index (κ1) is 18.5. The zero-order valence-corrected chi connectivity index (χ0v) is 14.9. The molecule has 1 fully saturated rings. The predicted octanol–water partition coefficient (Wildman–Crippen LogP) is 2.85. The van der Waals surface area contributed by atoms with E-state index in [1.165, 1.54) is 0 Å². The van der Waals surface area contributed by atoms with Gasteiger partial charge in [-0.25, -0.2) is 0 Å². The standard InChI is InChI=1S/C19H29N3O2/c1-13(2)21-19(24)17-6-5-16(12-14(17)3)22-18(23)7-4-15-8-10-20-11-9-15/h5-6,12-13,15,20H,4,7-11H2,1-3H3,(H,21,24)(H,22,23). The van der Waals surface area contributed by atoms with Crippen molar-refractivity contribution in [2.45, 2.75) is 52.5 Å². The number of benzene rings is 1. The van der Waals surface area contributed by atoms with E-state index < -0.39 is 0 Å². The van der Waals surface area contributed by atoms with Gasteiger partial charge in [-0.05, 0) is 82.8 Å². The molecule has 2 rings (SSSR count). The average molecular weight is 331 g/mol. The summed E-state index contributed by atoms with van der Waals surface area (Å²) in [6.45, 7) is 7.88. The van der Waals surface area contributed by atoms with E-state index >= 15 is 0 Å². The first-order chi connectivity index (χ1) is 11.5. The molecule has 1 aliphatic heterocycles. The molecule has 1 saturated heterocycles. The molecule has 24 heavy (non-hydrogen) atoms. The summed E-state index contributed by atoms with van der Waals surface area (Å²) in [5, 5.41) is 9.17. The number of piperidine rings is 1. The second-order valence-electron chi connectivity index (χ2n) is 6.94. The quantitative estimate of drug-likeness (QED) is 0.751. The number of carbonyl (C=O) groups is 2. The number of hydrogen-bond acceptors (Lipinski definition) is 3. The van der Waals surface area contributed by atoms with E-state index in [1.807, 2.05) is 26.8 Å². The molecule has 0 aliphatic carbocycles. The van der Waals surface area contributed by atoms with E-state index in [0.29, 0.717) is 17.9 Å². The Bertz CT molecular complexity index is 578. The van der Waals surface area contributed by atoms with Crippen molar-refractivity contribution >= 4 is 17.5 Å².